The third-order valence-corrected chi connectivity index (χ3v) is 5.26. The molecule has 2 aromatic carbocycles. The van der Waals surface area contributed by atoms with Crippen molar-refractivity contribution >= 4 is 29.1 Å². The van der Waals surface area contributed by atoms with Crippen molar-refractivity contribution in [3.8, 4) is 17.0 Å². The van der Waals surface area contributed by atoms with Gasteiger partial charge in [0.2, 0.25) is 0 Å². The summed E-state index contributed by atoms with van der Waals surface area (Å²) < 4.78 is 18.4. The number of ketones is 1. The Bertz CT molecular complexity index is 1050. The van der Waals surface area contributed by atoms with Crippen LogP contribution in [-0.2, 0) is 4.79 Å². The largest absolute Gasteiger partial charge is 0.482 e. The number of fused-ring (bicyclic) bond motifs is 1. The Morgan fingerprint density at radius 1 is 1.25 bits per heavy atom. The number of anilines is 1. The molecule has 28 heavy (non-hydrogen) atoms. The van der Waals surface area contributed by atoms with Gasteiger partial charge in [0.1, 0.15) is 11.6 Å². The second-order valence-corrected chi connectivity index (χ2v) is 7.61. The van der Waals surface area contributed by atoms with E-state index in [1.54, 1.807) is 43.5 Å². The number of nitrogens with one attached hydrogen (secondary N) is 2. The minimum Gasteiger partial charge on any atom is -0.482 e. The zero-order valence-electron chi connectivity index (χ0n) is 14.9. The Morgan fingerprint density at radius 3 is 2.82 bits per heavy atom. The molecule has 6 nitrogen and oxygen atoms in total. The summed E-state index contributed by atoms with van der Waals surface area (Å²) in [5.41, 5.74) is 2.53. The zero-order chi connectivity index (χ0) is 19.7. The van der Waals surface area contributed by atoms with Crippen molar-refractivity contribution < 1.29 is 18.7 Å². The van der Waals surface area contributed by atoms with Crippen LogP contribution in [0.25, 0.3) is 11.3 Å². The number of aromatic amines is 1. The summed E-state index contributed by atoms with van der Waals surface area (Å²) in [6, 6.07) is 11.1. The molecule has 0 bridgehead atoms. The van der Waals surface area contributed by atoms with Gasteiger partial charge in [0.25, 0.3) is 5.91 Å². The van der Waals surface area contributed by atoms with Gasteiger partial charge in [0.05, 0.1) is 22.8 Å². The predicted octanol–water partition coefficient (Wildman–Crippen LogP) is 3.91. The Hall–Kier alpha value is -3.13. The quantitative estimate of drug-likeness (QED) is 0.504. The number of H-pyrrole nitrogens is 1. The Kier molecular flexibility index (Phi) is 4.87. The zero-order valence-corrected chi connectivity index (χ0v) is 15.7. The van der Waals surface area contributed by atoms with E-state index < -0.39 is 5.25 Å². The number of amides is 1. The van der Waals surface area contributed by atoms with Crippen molar-refractivity contribution in [1.82, 2.24) is 9.97 Å². The molecule has 0 saturated carbocycles. The minimum absolute atomic E-state index is 0.0264. The third kappa shape index (κ3) is 3.77. The van der Waals surface area contributed by atoms with E-state index in [-0.39, 0.29) is 24.1 Å². The van der Waals surface area contributed by atoms with Crippen molar-refractivity contribution in [2.24, 2.45) is 0 Å². The van der Waals surface area contributed by atoms with Gasteiger partial charge in [-0.2, -0.15) is 0 Å². The van der Waals surface area contributed by atoms with E-state index >= 15 is 0 Å². The lowest BCUT2D eigenvalue weighted by atomic mass is 10.1. The first-order valence-electron chi connectivity index (χ1n) is 8.58. The van der Waals surface area contributed by atoms with Crippen LogP contribution in [0.1, 0.15) is 17.3 Å². The highest BCUT2D eigenvalue weighted by Crippen LogP contribution is 2.31. The summed E-state index contributed by atoms with van der Waals surface area (Å²) in [5, 5.41) is 2.90. The molecule has 1 aliphatic rings. The van der Waals surface area contributed by atoms with Crippen LogP contribution in [0.2, 0.25) is 0 Å². The fourth-order valence-electron chi connectivity index (χ4n) is 2.83. The first-order chi connectivity index (χ1) is 13.5. The second-order valence-electron chi connectivity index (χ2n) is 6.28. The number of carbonyl (C=O) groups excluding carboxylic acids is 2. The predicted molar refractivity (Wildman–Crippen MR) is 104 cm³/mol. The van der Waals surface area contributed by atoms with Crippen molar-refractivity contribution in [3.05, 3.63) is 60.0 Å². The van der Waals surface area contributed by atoms with E-state index in [2.05, 4.69) is 15.3 Å². The highest BCUT2D eigenvalue weighted by molar-refractivity contribution is 8.00. The second kappa shape index (κ2) is 7.47. The molecule has 1 aliphatic heterocycles. The topological polar surface area (TPSA) is 84.1 Å². The maximum Gasteiger partial charge on any atom is 0.262 e. The van der Waals surface area contributed by atoms with Crippen LogP contribution >= 0.6 is 11.8 Å². The number of aromatic nitrogens is 2. The lowest BCUT2D eigenvalue weighted by Crippen LogP contribution is -2.25. The standard InChI is InChI=1S/C20H16FN3O3S/c1-11(19(26)13-4-7-17-15(8-13)23-18(25)10-27-17)28-20-22-9-16(24-20)12-2-5-14(21)6-3-12/h2-9,11H,10H2,1H3,(H,22,24)(H,23,25)/t11-/m1/s1. The number of halogens is 1. The van der Waals surface area contributed by atoms with Crippen LogP contribution < -0.4 is 10.1 Å². The van der Waals surface area contributed by atoms with Gasteiger partial charge in [-0.1, -0.05) is 11.8 Å². The van der Waals surface area contributed by atoms with Crippen LogP contribution in [0.5, 0.6) is 5.75 Å². The normalized spacial score (nSPS) is 14.0. The molecule has 3 aromatic rings. The molecule has 0 unspecified atom stereocenters. The summed E-state index contributed by atoms with van der Waals surface area (Å²) in [6.45, 7) is 1.77. The summed E-state index contributed by atoms with van der Waals surface area (Å²) in [6.07, 6.45) is 1.65. The van der Waals surface area contributed by atoms with E-state index in [0.717, 1.165) is 11.3 Å². The highest BCUT2D eigenvalue weighted by Gasteiger charge is 2.22. The Morgan fingerprint density at radius 2 is 2.04 bits per heavy atom. The average Bonchev–Trinajstić information content (AvgIpc) is 3.15. The molecule has 2 N–H and O–H groups in total. The number of thioether (sulfide) groups is 1. The molecule has 8 heteroatoms. The van der Waals surface area contributed by atoms with Gasteiger partial charge in [0.15, 0.2) is 17.5 Å². The van der Waals surface area contributed by atoms with Gasteiger partial charge in [0, 0.05) is 5.56 Å². The number of benzene rings is 2. The molecule has 0 aliphatic carbocycles. The van der Waals surface area contributed by atoms with Crippen molar-refractivity contribution in [2.45, 2.75) is 17.3 Å². The Balaban J connectivity index is 1.47. The Labute approximate surface area is 164 Å². The number of hydrogen-bond donors (Lipinski definition) is 2. The van der Waals surface area contributed by atoms with E-state index in [9.17, 15) is 14.0 Å². The molecule has 2 heterocycles. The smallest absolute Gasteiger partial charge is 0.262 e. The maximum atomic E-state index is 13.1. The highest BCUT2D eigenvalue weighted by atomic mass is 32.2. The molecule has 4 rings (SSSR count). The van der Waals surface area contributed by atoms with Crippen LogP contribution in [0.3, 0.4) is 0 Å². The maximum absolute atomic E-state index is 13.1. The van der Waals surface area contributed by atoms with Gasteiger partial charge >= 0.3 is 0 Å². The molecule has 1 amide bonds. The SMILES string of the molecule is C[C@@H](Sc1ncc(-c2ccc(F)cc2)[nH]1)C(=O)c1ccc2c(c1)NC(=O)CO2. The molecule has 0 radical (unpaired) electrons. The van der Waals surface area contributed by atoms with Crippen LogP contribution in [0.4, 0.5) is 10.1 Å². The summed E-state index contributed by atoms with van der Waals surface area (Å²) in [7, 11) is 0. The first-order valence-corrected chi connectivity index (χ1v) is 9.46. The van der Waals surface area contributed by atoms with Gasteiger partial charge in [-0.25, -0.2) is 9.37 Å². The van der Waals surface area contributed by atoms with Crippen LogP contribution in [0, 0.1) is 5.82 Å². The monoisotopic (exact) mass is 397 g/mol. The molecular weight excluding hydrogens is 381 g/mol. The van der Waals surface area contributed by atoms with Crippen molar-refractivity contribution in [1.29, 1.82) is 0 Å². The number of carbonyl (C=O) groups is 2. The molecule has 1 atom stereocenters. The third-order valence-electron chi connectivity index (χ3n) is 4.26. The molecular formula is C20H16FN3O3S. The van der Waals surface area contributed by atoms with Gasteiger partial charge < -0.3 is 15.0 Å². The number of hydrogen-bond acceptors (Lipinski definition) is 5. The summed E-state index contributed by atoms with van der Waals surface area (Å²) in [5.74, 6) is -0.0917. The van der Waals surface area contributed by atoms with Gasteiger partial charge in [-0.05, 0) is 55.0 Å². The van der Waals surface area contributed by atoms with Crippen LogP contribution in [0.15, 0.2) is 53.8 Å². The fraction of sp³-hybridized carbons (Fsp3) is 0.150. The molecule has 1 aromatic heterocycles. The number of nitrogens with zero attached hydrogens (tertiary/aromatic N) is 1. The minimum atomic E-state index is -0.398. The fourth-order valence-corrected chi connectivity index (χ4v) is 3.69. The summed E-state index contributed by atoms with van der Waals surface area (Å²) in [4.78, 5) is 31.7. The number of rotatable bonds is 5. The van der Waals surface area contributed by atoms with Gasteiger partial charge in [-0.15, -0.1) is 0 Å². The number of ether oxygens (including phenoxy) is 1. The number of imidazole rings is 1. The van der Waals surface area contributed by atoms with E-state index in [1.807, 2.05) is 0 Å². The van der Waals surface area contributed by atoms with E-state index in [4.69, 9.17) is 4.74 Å². The number of Topliss-reactive ketones (excluding diaryl/α,β-unsaturated/α-hetero) is 1. The lowest BCUT2D eigenvalue weighted by molar-refractivity contribution is -0.118. The molecule has 0 spiro atoms. The lowest BCUT2D eigenvalue weighted by Gasteiger charge is -2.18. The molecule has 0 saturated heterocycles. The van der Waals surface area contributed by atoms with Crippen LogP contribution in [-0.4, -0.2) is 33.5 Å². The van der Waals surface area contributed by atoms with E-state index in [1.165, 1.54) is 23.9 Å². The van der Waals surface area contributed by atoms with Crippen molar-refractivity contribution in [2.75, 3.05) is 11.9 Å². The van der Waals surface area contributed by atoms with Crippen molar-refractivity contribution in [3.63, 3.8) is 0 Å². The molecule has 142 valence electrons. The summed E-state index contributed by atoms with van der Waals surface area (Å²) >= 11 is 1.29. The molecule has 0 fully saturated rings. The first kappa shape index (κ1) is 18.2. The van der Waals surface area contributed by atoms with E-state index in [0.29, 0.717) is 22.2 Å². The van der Waals surface area contributed by atoms with Gasteiger partial charge in [-0.3, -0.25) is 9.59 Å². The average molecular weight is 397 g/mol.